The minimum atomic E-state index is -3.15. The second-order valence-corrected chi connectivity index (χ2v) is 9.76. The van der Waals surface area contributed by atoms with E-state index in [1.807, 2.05) is 30.3 Å². The molecule has 9 heteroatoms. The van der Waals surface area contributed by atoms with Gasteiger partial charge in [-0.25, -0.2) is 13.1 Å². The molecule has 2 saturated heterocycles. The maximum Gasteiger partial charge on any atom is 0.273 e. The Morgan fingerprint density at radius 3 is 2.61 bits per heavy atom. The Morgan fingerprint density at radius 1 is 1.11 bits per heavy atom. The first-order valence-electron chi connectivity index (χ1n) is 9.69. The third-order valence-electron chi connectivity index (χ3n) is 5.46. The highest BCUT2D eigenvalue weighted by molar-refractivity contribution is 7.91. The molecule has 2 aliphatic heterocycles. The van der Waals surface area contributed by atoms with E-state index in [4.69, 9.17) is 0 Å². The Kier molecular flexibility index (Phi) is 5.45. The summed E-state index contributed by atoms with van der Waals surface area (Å²) in [6, 6.07) is 9.23. The molecule has 2 aromatic rings. The number of likely N-dealkylation sites (tertiary alicyclic amines) is 1. The molecule has 150 valence electrons. The zero-order valence-corrected chi connectivity index (χ0v) is 16.5. The summed E-state index contributed by atoms with van der Waals surface area (Å²) in [5.74, 6) is -0.278. The van der Waals surface area contributed by atoms with Crippen molar-refractivity contribution in [2.45, 2.75) is 37.9 Å². The largest absolute Gasteiger partial charge is 0.345 e. The number of hydrogen-bond donors (Lipinski definition) is 1. The van der Waals surface area contributed by atoms with E-state index in [0.717, 1.165) is 31.5 Å². The van der Waals surface area contributed by atoms with E-state index < -0.39 is 15.9 Å². The van der Waals surface area contributed by atoms with Crippen LogP contribution >= 0.6 is 0 Å². The lowest BCUT2D eigenvalue weighted by atomic mass is 10.0. The predicted molar refractivity (Wildman–Crippen MR) is 105 cm³/mol. The first kappa shape index (κ1) is 19.1. The Bertz CT molecular complexity index is 922. The molecule has 28 heavy (non-hydrogen) atoms. The summed E-state index contributed by atoms with van der Waals surface area (Å²) in [7, 11) is -3.15. The topological polar surface area (TPSA) is 97.2 Å². The first-order valence-corrected chi connectivity index (χ1v) is 11.5. The number of piperidine rings is 1. The van der Waals surface area contributed by atoms with Crippen LogP contribution in [0.1, 0.15) is 35.3 Å². The summed E-state index contributed by atoms with van der Waals surface area (Å²) in [5, 5.41) is 10.9. The molecule has 3 heterocycles. The lowest BCUT2D eigenvalue weighted by Gasteiger charge is -2.34. The third-order valence-corrected chi connectivity index (χ3v) is 7.17. The number of carbonyl (C=O) groups excluding carboxylic acids is 1. The van der Waals surface area contributed by atoms with Crippen LogP contribution in [0.2, 0.25) is 0 Å². The van der Waals surface area contributed by atoms with Crippen LogP contribution in [0.25, 0.3) is 0 Å². The van der Waals surface area contributed by atoms with Crippen LogP contribution in [0.4, 0.5) is 0 Å². The van der Waals surface area contributed by atoms with Crippen LogP contribution in [0.15, 0.2) is 36.5 Å². The zero-order chi connectivity index (χ0) is 19.6. The fourth-order valence-corrected chi connectivity index (χ4v) is 6.02. The lowest BCUT2D eigenvalue weighted by molar-refractivity contribution is 0.0895. The van der Waals surface area contributed by atoms with Crippen molar-refractivity contribution >= 4 is 15.7 Å². The molecule has 1 amide bonds. The first-order chi connectivity index (χ1) is 13.5. The summed E-state index contributed by atoms with van der Waals surface area (Å²) >= 11 is 0. The number of amides is 1. The molecule has 0 spiro atoms. The molecule has 8 nitrogen and oxygen atoms in total. The highest BCUT2D eigenvalue weighted by Gasteiger charge is 2.42. The maximum atomic E-state index is 12.7. The summed E-state index contributed by atoms with van der Waals surface area (Å²) < 4.78 is 26.0. The van der Waals surface area contributed by atoms with Gasteiger partial charge in [0.1, 0.15) is 0 Å². The molecule has 2 atom stereocenters. The lowest BCUT2D eigenvalue weighted by Crippen LogP contribution is -2.52. The van der Waals surface area contributed by atoms with Crippen molar-refractivity contribution in [3.05, 3.63) is 47.8 Å². The highest BCUT2D eigenvalue weighted by atomic mass is 32.2. The number of sulfone groups is 1. The number of rotatable bonds is 5. The smallest absolute Gasteiger partial charge is 0.273 e. The molecule has 1 aromatic carbocycles. The average molecular weight is 404 g/mol. The molecule has 0 aliphatic carbocycles. The van der Waals surface area contributed by atoms with Crippen molar-refractivity contribution in [2.75, 3.05) is 24.6 Å². The van der Waals surface area contributed by atoms with Gasteiger partial charge in [0.2, 0.25) is 0 Å². The second-order valence-electron chi connectivity index (χ2n) is 7.61. The standard InChI is InChI=1S/C19H25N5O3S/c25-19(16-12-24(22-21-16)11-15-7-3-1-4-8-15)20-17-13-28(26,27)14-18(17)23-9-5-2-6-10-23/h1,3-4,7-8,12,17-18H,2,5-6,9-11,13-14H2,(H,20,25). The Labute approximate surface area is 164 Å². The Morgan fingerprint density at radius 2 is 1.86 bits per heavy atom. The van der Waals surface area contributed by atoms with Gasteiger partial charge in [-0.2, -0.15) is 0 Å². The average Bonchev–Trinajstić information content (AvgIpc) is 3.27. The van der Waals surface area contributed by atoms with Crippen LogP contribution < -0.4 is 5.32 Å². The van der Waals surface area contributed by atoms with Crippen molar-refractivity contribution in [1.29, 1.82) is 0 Å². The zero-order valence-electron chi connectivity index (χ0n) is 15.7. The van der Waals surface area contributed by atoms with Gasteiger partial charge in [0.15, 0.2) is 15.5 Å². The quantitative estimate of drug-likeness (QED) is 0.790. The van der Waals surface area contributed by atoms with E-state index in [-0.39, 0.29) is 29.1 Å². The molecular formula is C19H25N5O3S. The summed E-state index contributed by atoms with van der Waals surface area (Å²) in [6.45, 7) is 2.30. The van der Waals surface area contributed by atoms with E-state index in [2.05, 4.69) is 20.5 Å². The summed E-state index contributed by atoms with van der Waals surface area (Å²) in [6.07, 6.45) is 4.93. The molecule has 2 fully saturated rings. The number of nitrogens with zero attached hydrogens (tertiary/aromatic N) is 4. The number of aromatic nitrogens is 3. The molecule has 4 rings (SSSR count). The van der Waals surface area contributed by atoms with Gasteiger partial charge >= 0.3 is 0 Å². The van der Waals surface area contributed by atoms with Crippen molar-refractivity contribution in [1.82, 2.24) is 25.2 Å². The van der Waals surface area contributed by atoms with Crippen molar-refractivity contribution < 1.29 is 13.2 Å². The minimum Gasteiger partial charge on any atom is -0.345 e. The van der Waals surface area contributed by atoms with Crippen LogP contribution in [0, 0.1) is 0 Å². The van der Waals surface area contributed by atoms with E-state index in [1.54, 1.807) is 10.9 Å². The van der Waals surface area contributed by atoms with E-state index in [1.165, 1.54) is 6.42 Å². The fraction of sp³-hybridized carbons (Fsp3) is 0.526. The predicted octanol–water partition coefficient (Wildman–Crippen LogP) is 0.708. The SMILES string of the molecule is O=C(NC1CS(=O)(=O)CC1N1CCCCC1)c1cn(Cc2ccccc2)nn1. The van der Waals surface area contributed by atoms with Crippen molar-refractivity contribution in [2.24, 2.45) is 0 Å². The highest BCUT2D eigenvalue weighted by Crippen LogP contribution is 2.22. The van der Waals surface area contributed by atoms with Crippen LogP contribution in [0.5, 0.6) is 0 Å². The van der Waals surface area contributed by atoms with Crippen molar-refractivity contribution in [3.63, 3.8) is 0 Å². The van der Waals surface area contributed by atoms with Crippen LogP contribution in [-0.4, -0.2) is 70.9 Å². The number of benzene rings is 1. The van der Waals surface area contributed by atoms with Crippen LogP contribution in [0.3, 0.4) is 0 Å². The van der Waals surface area contributed by atoms with Crippen LogP contribution in [-0.2, 0) is 16.4 Å². The van der Waals surface area contributed by atoms with E-state index >= 15 is 0 Å². The molecule has 0 bridgehead atoms. The molecule has 2 aliphatic rings. The molecule has 1 N–H and O–H groups in total. The van der Waals surface area contributed by atoms with E-state index in [9.17, 15) is 13.2 Å². The molecular weight excluding hydrogens is 378 g/mol. The van der Waals surface area contributed by atoms with Gasteiger partial charge < -0.3 is 5.32 Å². The van der Waals surface area contributed by atoms with Gasteiger partial charge in [-0.05, 0) is 31.5 Å². The fourth-order valence-electron chi connectivity index (χ4n) is 4.07. The minimum absolute atomic E-state index is 0.0158. The number of hydrogen-bond acceptors (Lipinski definition) is 6. The normalized spacial score (nSPS) is 24.9. The molecule has 2 unspecified atom stereocenters. The monoisotopic (exact) mass is 403 g/mol. The Balaban J connectivity index is 1.43. The van der Waals surface area contributed by atoms with Gasteiger partial charge in [-0.1, -0.05) is 42.0 Å². The van der Waals surface area contributed by atoms with Crippen molar-refractivity contribution in [3.8, 4) is 0 Å². The third kappa shape index (κ3) is 4.41. The van der Waals surface area contributed by atoms with Gasteiger partial charge in [-0.15, -0.1) is 5.10 Å². The number of carbonyl (C=O) groups is 1. The molecule has 0 saturated carbocycles. The van der Waals surface area contributed by atoms with E-state index in [0.29, 0.717) is 6.54 Å². The molecule has 0 radical (unpaired) electrons. The van der Waals surface area contributed by atoms with Gasteiger partial charge in [0, 0.05) is 6.04 Å². The van der Waals surface area contributed by atoms with Gasteiger partial charge in [0.25, 0.3) is 5.91 Å². The Hall–Kier alpha value is -2.26. The van der Waals surface area contributed by atoms with Gasteiger partial charge in [0.05, 0.1) is 30.3 Å². The second kappa shape index (κ2) is 8.00. The summed E-state index contributed by atoms with van der Waals surface area (Å²) in [4.78, 5) is 14.9. The van der Waals surface area contributed by atoms with Gasteiger partial charge in [-0.3, -0.25) is 9.69 Å². The summed E-state index contributed by atoms with van der Waals surface area (Å²) in [5.41, 5.74) is 1.27. The maximum absolute atomic E-state index is 12.7. The molecule has 1 aromatic heterocycles. The number of nitrogens with one attached hydrogen (secondary N) is 1.